The number of rotatable bonds is 3. The third-order valence-corrected chi connectivity index (χ3v) is 2.56. The van der Waals surface area contributed by atoms with E-state index in [1.54, 1.807) is 0 Å². The van der Waals surface area contributed by atoms with E-state index in [0.717, 1.165) is 6.07 Å². The normalized spacial score (nSPS) is 11.3. The molecule has 0 saturated carbocycles. The average Bonchev–Trinajstić information content (AvgIpc) is 2.39. The SMILES string of the molecule is NNc1cc(Nc2ccc(F)c(C(F)(F)F)c2)nc(Cl)n1. The number of alkyl halides is 3. The third kappa shape index (κ3) is 3.70. The number of nitrogens with one attached hydrogen (secondary N) is 2. The van der Waals surface area contributed by atoms with Crippen LogP contribution in [0.25, 0.3) is 0 Å². The predicted octanol–water partition coefficient (Wildman–Crippen LogP) is 3.32. The Balaban J connectivity index is 2.34. The maximum Gasteiger partial charge on any atom is 0.419 e. The van der Waals surface area contributed by atoms with Gasteiger partial charge < -0.3 is 10.7 Å². The van der Waals surface area contributed by atoms with Crippen molar-refractivity contribution in [1.82, 2.24) is 9.97 Å². The monoisotopic (exact) mass is 321 g/mol. The van der Waals surface area contributed by atoms with Gasteiger partial charge in [-0.3, -0.25) is 0 Å². The molecule has 0 saturated heterocycles. The first-order valence-corrected chi connectivity index (χ1v) is 5.82. The van der Waals surface area contributed by atoms with E-state index in [1.807, 2.05) is 0 Å². The van der Waals surface area contributed by atoms with E-state index in [9.17, 15) is 17.6 Å². The molecule has 2 aromatic rings. The van der Waals surface area contributed by atoms with Crippen molar-refractivity contribution < 1.29 is 17.6 Å². The third-order valence-electron chi connectivity index (χ3n) is 2.39. The van der Waals surface area contributed by atoms with Crippen LogP contribution in [0.1, 0.15) is 5.56 Å². The van der Waals surface area contributed by atoms with Crippen molar-refractivity contribution in [2.75, 3.05) is 10.7 Å². The summed E-state index contributed by atoms with van der Waals surface area (Å²) in [6.45, 7) is 0. The molecule has 0 amide bonds. The van der Waals surface area contributed by atoms with Gasteiger partial charge in [0.1, 0.15) is 17.5 Å². The highest BCUT2D eigenvalue weighted by molar-refractivity contribution is 6.28. The van der Waals surface area contributed by atoms with Gasteiger partial charge in [0, 0.05) is 11.8 Å². The van der Waals surface area contributed by atoms with Crippen molar-refractivity contribution in [2.24, 2.45) is 5.84 Å². The van der Waals surface area contributed by atoms with Gasteiger partial charge in [0.05, 0.1) is 5.56 Å². The molecule has 1 aromatic carbocycles. The van der Waals surface area contributed by atoms with Gasteiger partial charge >= 0.3 is 6.18 Å². The molecule has 0 aliphatic carbocycles. The van der Waals surface area contributed by atoms with Crippen molar-refractivity contribution in [3.8, 4) is 0 Å². The zero-order chi connectivity index (χ0) is 15.6. The first-order chi connectivity index (χ1) is 9.79. The number of nitrogens with two attached hydrogens (primary N) is 1. The highest BCUT2D eigenvalue weighted by atomic mass is 35.5. The van der Waals surface area contributed by atoms with E-state index < -0.39 is 17.6 Å². The Morgan fingerprint density at radius 2 is 1.76 bits per heavy atom. The molecule has 4 N–H and O–H groups in total. The van der Waals surface area contributed by atoms with Gasteiger partial charge in [0.15, 0.2) is 0 Å². The summed E-state index contributed by atoms with van der Waals surface area (Å²) in [5, 5.41) is 2.40. The number of nitrogen functional groups attached to an aromatic ring is 1. The molecule has 21 heavy (non-hydrogen) atoms. The summed E-state index contributed by atoms with van der Waals surface area (Å²) >= 11 is 5.63. The minimum absolute atomic E-state index is 0.0125. The van der Waals surface area contributed by atoms with Crippen LogP contribution in [0.3, 0.4) is 0 Å². The first kappa shape index (κ1) is 15.3. The lowest BCUT2D eigenvalue weighted by atomic mass is 10.2. The predicted molar refractivity (Wildman–Crippen MR) is 69.5 cm³/mol. The maximum atomic E-state index is 13.2. The second kappa shape index (κ2) is 5.70. The van der Waals surface area contributed by atoms with Crippen LogP contribution in [-0.2, 0) is 6.18 Å². The van der Waals surface area contributed by atoms with Crippen LogP contribution in [0.15, 0.2) is 24.3 Å². The zero-order valence-electron chi connectivity index (χ0n) is 10.2. The van der Waals surface area contributed by atoms with Crippen molar-refractivity contribution >= 4 is 28.9 Å². The Morgan fingerprint density at radius 1 is 1.10 bits per heavy atom. The molecule has 0 aliphatic heterocycles. The molecule has 10 heteroatoms. The van der Waals surface area contributed by atoms with E-state index in [2.05, 4.69) is 20.7 Å². The van der Waals surface area contributed by atoms with Crippen LogP contribution >= 0.6 is 11.6 Å². The largest absolute Gasteiger partial charge is 0.419 e. The van der Waals surface area contributed by atoms with Gasteiger partial charge in [-0.1, -0.05) is 0 Å². The zero-order valence-corrected chi connectivity index (χ0v) is 10.9. The average molecular weight is 322 g/mol. The summed E-state index contributed by atoms with van der Waals surface area (Å²) in [5.74, 6) is 4.06. The molecule has 0 fully saturated rings. The van der Waals surface area contributed by atoms with Crippen molar-refractivity contribution in [2.45, 2.75) is 6.18 Å². The molecular formula is C11H8ClF4N5. The lowest BCUT2D eigenvalue weighted by Crippen LogP contribution is -2.10. The highest BCUT2D eigenvalue weighted by Gasteiger charge is 2.34. The van der Waals surface area contributed by atoms with E-state index in [0.29, 0.717) is 12.1 Å². The van der Waals surface area contributed by atoms with Gasteiger partial charge in [0.2, 0.25) is 5.28 Å². The Morgan fingerprint density at radius 3 is 2.38 bits per heavy atom. The van der Waals surface area contributed by atoms with Crippen LogP contribution in [0.5, 0.6) is 0 Å². The molecule has 5 nitrogen and oxygen atoms in total. The first-order valence-electron chi connectivity index (χ1n) is 5.44. The number of hydrogen-bond donors (Lipinski definition) is 3. The molecule has 1 aromatic heterocycles. The Bertz CT molecular complexity index is 662. The van der Waals surface area contributed by atoms with Crippen LogP contribution < -0.4 is 16.6 Å². The lowest BCUT2D eigenvalue weighted by molar-refractivity contribution is -0.139. The number of anilines is 3. The fourth-order valence-electron chi connectivity index (χ4n) is 1.52. The van der Waals surface area contributed by atoms with Crippen LogP contribution in [0, 0.1) is 5.82 Å². The Hall–Kier alpha value is -2.13. The molecule has 0 spiro atoms. The number of benzene rings is 1. The summed E-state index contributed by atoms with van der Waals surface area (Å²) in [7, 11) is 0. The minimum Gasteiger partial charge on any atom is -0.340 e. The number of hydrazine groups is 1. The molecule has 0 bridgehead atoms. The Kier molecular flexibility index (Phi) is 4.14. The van der Waals surface area contributed by atoms with E-state index >= 15 is 0 Å². The topological polar surface area (TPSA) is 75.9 Å². The standard InChI is InChI=1S/C11H8ClF4N5/c12-10-19-8(4-9(20-10)21-17)18-5-1-2-7(13)6(3-5)11(14,15)16/h1-4H,17H2,(H2,18,19,20,21). The van der Waals surface area contributed by atoms with Crippen molar-refractivity contribution in [3.63, 3.8) is 0 Å². The summed E-state index contributed by atoms with van der Waals surface area (Å²) < 4.78 is 51.0. The van der Waals surface area contributed by atoms with Crippen LogP contribution in [0.4, 0.5) is 34.9 Å². The quantitative estimate of drug-likeness (QED) is 0.350. The van der Waals surface area contributed by atoms with Gasteiger partial charge in [-0.2, -0.15) is 18.2 Å². The smallest absolute Gasteiger partial charge is 0.340 e. The number of hydrogen-bond acceptors (Lipinski definition) is 5. The van der Waals surface area contributed by atoms with Gasteiger partial charge in [0.25, 0.3) is 0 Å². The summed E-state index contributed by atoms with van der Waals surface area (Å²) in [5.41, 5.74) is 0.826. The molecular weight excluding hydrogens is 314 g/mol. The second-order valence-electron chi connectivity index (χ2n) is 3.87. The van der Waals surface area contributed by atoms with Gasteiger partial charge in [-0.05, 0) is 29.8 Å². The number of aromatic nitrogens is 2. The fourth-order valence-corrected chi connectivity index (χ4v) is 1.71. The molecule has 0 radical (unpaired) electrons. The summed E-state index contributed by atoms with van der Waals surface area (Å²) in [4.78, 5) is 7.47. The summed E-state index contributed by atoms with van der Waals surface area (Å²) in [6.07, 6.45) is -4.80. The van der Waals surface area contributed by atoms with E-state index in [4.69, 9.17) is 17.4 Å². The van der Waals surface area contributed by atoms with Crippen molar-refractivity contribution in [1.29, 1.82) is 0 Å². The van der Waals surface area contributed by atoms with Gasteiger partial charge in [-0.25, -0.2) is 15.2 Å². The second-order valence-corrected chi connectivity index (χ2v) is 4.21. The summed E-state index contributed by atoms with van der Waals surface area (Å²) in [6, 6.07) is 3.79. The Labute approximate surface area is 121 Å². The molecule has 0 aliphatic rings. The van der Waals surface area contributed by atoms with Crippen LogP contribution in [0.2, 0.25) is 5.28 Å². The molecule has 1 heterocycles. The van der Waals surface area contributed by atoms with E-state index in [1.165, 1.54) is 6.07 Å². The molecule has 0 atom stereocenters. The highest BCUT2D eigenvalue weighted by Crippen LogP contribution is 2.33. The lowest BCUT2D eigenvalue weighted by Gasteiger charge is -2.12. The minimum atomic E-state index is -4.80. The fraction of sp³-hybridized carbons (Fsp3) is 0.0909. The van der Waals surface area contributed by atoms with E-state index in [-0.39, 0.29) is 22.6 Å². The molecule has 112 valence electrons. The van der Waals surface area contributed by atoms with Crippen LogP contribution in [-0.4, -0.2) is 9.97 Å². The molecule has 2 rings (SSSR count). The maximum absolute atomic E-state index is 13.2. The molecule has 0 unspecified atom stereocenters. The number of halogens is 5. The van der Waals surface area contributed by atoms with Crippen molar-refractivity contribution in [3.05, 3.63) is 40.9 Å². The number of nitrogens with zero attached hydrogens (tertiary/aromatic N) is 2. The van der Waals surface area contributed by atoms with Gasteiger partial charge in [-0.15, -0.1) is 0 Å².